The van der Waals surface area contributed by atoms with E-state index in [9.17, 15) is 17.6 Å². The second-order valence-corrected chi connectivity index (χ2v) is 10.5. The molecule has 1 N–H and O–H groups in total. The van der Waals surface area contributed by atoms with E-state index in [1.807, 2.05) is 0 Å². The van der Waals surface area contributed by atoms with Crippen molar-refractivity contribution in [3.63, 3.8) is 0 Å². The van der Waals surface area contributed by atoms with Crippen LogP contribution in [0.3, 0.4) is 0 Å². The second-order valence-electron chi connectivity index (χ2n) is 6.59. The molecular weight excluding hydrogens is 433 g/mol. The molecular formula is C19H18FN3O3S3. The highest BCUT2D eigenvalue weighted by molar-refractivity contribution is 7.91. The van der Waals surface area contributed by atoms with Crippen molar-refractivity contribution in [3.05, 3.63) is 53.0 Å². The van der Waals surface area contributed by atoms with Crippen LogP contribution in [0.2, 0.25) is 0 Å². The third-order valence-electron chi connectivity index (χ3n) is 4.69. The summed E-state index contributed by atoms with van der Waals surface area (Å²) in [6, 6.07) is 8.40. The third-order valence-corrected chi connectivity index (χ3v) is 8.73. The molecule has 10 heteroatoms. The van der Waals surface area contributed by atoms with Crippen molar-refractivity contribution in [3.8, 4) is 11.3 Å². The normalized spacial score (nSPS) is 17.9. The number of hydrogen-bond acceptors (Lipinski definition) is 6. The Morgan fingerprint density at radius 1 is 1.17 bits per heavy atom. The minimum Gasteiger partial charge on any atom is -0.301 e. The number of benzene rings is 1. The van der Waals surface area contributed by atoms with E-state index >= 15 is 0 Å². The van der Waals surface area contributed by atoms with Gasteiger partial charge in [-0.3, -0.25) is 4.79 Å². The third kappa shape index (κ3) is 4.25. The standard InChI is InChI=1S/C19H18FN3O3S3/c20-14-8-6-13(7-9-14)15-12-28-19(21-15)22-18(24)16-4-1-2-10-23(16)29(25,26)17-5-3-11-27-17/h3,5-9,11-12,16H,1-2,4,10H2,(H,21,22,24). The molecule has 1 aliphatic heterocycles. The predicted molar refractivity (Wildman–Crippen MR) is 112 cm³/mol. The van der Waals surface area contributed by atoms with E-state index in [1.54, 1.807) is 35.0 Å². The molecule has 0 aliphatic carbocycles. The molecule has 3 heterocycles. The Morgan fingerprint density at radius 2 is 1.97 bits per heavy atom. The van der Waals surface area contributed by atoms with Crippen LogP contribution in [0.15, 0.2) is 51.4 Å². The van der Waals surface area contributed by atoms with Crippen molar-refractivity contribution in [1.29, 1.82) is 0 Å². The maximum Gasteiger partial charge on any atom is 0.253 e. The number of thiophene rings is 1. The number of carbonyl (C=O) groups is 1. The largest absolute Gasteiger partial charge is 0.301 e. The summed E-state index contributed by atoms with van der Waals surface area (Å²) in [5.74, 6) is -0.716. The van der Waals surface area contributed by atoms with Crippen molar-refractivity contribution in [2.45, 2.75) is 29.5 Å². The topological polar surface area (TPSA) is 79.4 Å². The van der Waals surface area contributed by atoms with Gasteiger partial charge >= 0.3 is 0 Å². The highest BCUT2D eigenvalue weighted by Gasteiger charge is 2.38. The fraction of sp³-hybridized carbons (Fsp3) is 0.263. The van der Waals surface area contributed by atoms with Gasteiger partial charge < -0.3 is 5.32 Å². The lowest BCUT2D eigenvalue weighted by molar-refractivity contribution is -0.120. The summed E-state index contributed by atoms with van der Waals surface area (Å²) in [6.07, 6.45) is 1.97. The molecule has 2 aromatic heterocycles. The summed E-state index contributed by atoms with van der Waals surface area (Å²) in [6.45, 7) is 0.316. The zero-order chi connectivity index (χ0) is 20.4. The molecule has 152 valence electrons. The van der Waals surface area contributed by atoms with E-state index in [2.05, 4.69) is 10.3 Å². The van der Waals surface area contributed by atoms with Gasteiger partial charge in [-0.2, -0.15) is 4.31 Å². The van der Waals surface area contributed by atoms with Gasteiger partial charge in [0.15, 0.2) is 5.13 Å². The Morgan fingerprint density at radius 3 is 2.69 bits per heavy atom. The average Bonchev–Trinajstić information content (AvgIpc) is 3.41. The fourth-order valence-electron chi connectivity index (χ4n) is 3.25. The number of rotatable bonds is 5. The number of sulfonamides is 1. The Bertz CT molecular complexity index is 1100. The first-order valence-electron chi connectivity index (χ1n) is 9.03. The SMILES string of the molecule is O=C(Nc1nc(-c2ccc(F)cc2)cs1)C1CCCCN1S(=O)(=O)c1cccs1. The molecule has 0 bridgehead atoms. The number of halogens is 1. The van der Waals surface area contributed by atoms with Crippen LogP contribution in [-0.4, -0.2) is 36.2 Å². The van der Waals surface area contributed by atoms with E-state index in [-0.39, 0.29) is 15.9 Å². The van der Waals surface area contributed by atoms with Gasteiger partial charge in [-0.1, -0.05) is 12.5 Å². The monoisotopic (exact) mass is 451 g/mol. The summed E-state index contributed by atoms with van der Waals surface area (Å²) in [7, 11) is -3.71. The van der Waals surface area contributed by atoms with Crippen LogP contribution in [0.5, 0.6) is 0 Å². The van der Waals surface area contributed by atoms with Crippen LogP contribution in [0, 0.1) is 5.82 Å². The van der Waals surface area contributed by atoms with E-state index in [4.69, 9.17) is 0 Å². The van der Waals surface area contributed by atoms with Gasteiger partial charge in [0, 0.05) is 17.5 Å². The summed E-state index contributed by atoms with van der Waals surface area (Å²) in [5, 5.41) is 6.61. The summed E-state index contributed by atoms with van der Waals surface area (Å²) >= 11 is 2.39. The first kappa shape index (κ1) is 20.1. The molecule has 0 radical (unpaired) electrons. The van der Waals surface area contributed by atoms with E-state index < -0.39 is 16.1 Å². The maximum absolute atomic E-state index is 13.1. The number of anilines is 1. The predicted octanol–water partition coefficient (Wildman–Crippen LogP) is 4.19. The van der Waals surface area contributed by atoms with Gasteiger partial charge in [0.1, 0.15) is 16.1 Å². The van der Waals surface area contributed by atoms with Gasteiger partial charge in [0.25, 0.3) is 10.0 Å². The van der Waals surface area contributed by atoms with Crippen molar-refractivity contribution in [2.24, 2.45) is 0 Å². The molecule has 1 unspecified atom stereocenters. The highest BCUT2D eigenvalue weighted by Crippen LogP contribution is 2.30. The number of piperidine rings is 1. The maximum atomic E-state index is 13.1. The Hall–Kier alpha value is -2.14. The number of hydrogen-bond donors (Lipinski definition) is 1. The molecule has 6 nitrogen and oxygen atoms in total. The van der Waals surface area contributed by atoms with Gasteiger partial charge in [-0.25, -0.2) is 17.8 Å². The smallest absolute Gasteiger partial charge is 0.253 e. The quantitative estimate of drug-likeness (QED) is 0.631. The number of nitrogens with zero attached hydrogens (tertiary/aromatic N) is 2. The first-order chi connectivity index (χ1) is 13.9. The van der Waals surface area contributed by atoms with Gasteiger partial charge in [-0.15, -0.1) is 22.7 Å². The van der Waals surface area contributed by atoms with Crippen molar-refractivity contribution in [2.75, 3.05) is 11.9 Å². The van der Waals surface area contributed by atoms with Crippen LogP contribution in [-0.2, 0) is 14.8 Å². The van der Waals surface area contributed by atoms with E-state index in [0.717, 1.165) is 29.7 Å². The zero-order valence-corrected chi connectivity index (χ0v) is 17.7. The fourth-order valence-corrected chi connectivity index (χ4v) is 6.75. The van der Waals surface area contributed by atoms with Gasteiger partial charge in [0.2, 0.25) is 5.91 Å². The first-order valence-corrected chi connectivity index (χ1v) is 12.2. The molecule has 4 rings (SSSR count). The van der Waals surface area contributed by atoms with Crippen LogP contribution in [0.1, 0.15) is 19.3 Å². The van der Waals surface area contributed by atoms with Gasteiger partial charge in [-0.05, 0) is 48.6 Å². The van der Waals surface area contributed by atoms with E-state index in [1.165, 1.54) is 27.8 Å². The lowest BCUT2D eigenvalue weighted by Gasteiger charge is -2.32. The molecule has 1 aromatic carbocycles. The molecule has 29 heavy (non-hydrogen) atoms. The molecule has 1 amide bonds. The lowest BCUT2D eigenvalue weighted by atomic mass is 10.0. The number of nitrogens with one attached hydrogen (secondary N) is 1. The molecule has 1 saturated heterocycles. The van der Waals surface area contributed by atoms with Crippen LogP contribution in [0.4, 0.5) is 9.52 Å². The minimum absolute atomic E-state index is 0.241. The van der Waals surface area contributed by atoms with Crippen LogP contribution >= 0.6 is 22.7 Å². The zero-order valence-electron chi connectivity index (χ0n) is 15.2. The second kappa shape index (κ2) is 8.31. The van der Waals surface area contributed by atoms with Gasteiger partial charge in [0.05, 0.1) is 5.69 Å². The number of amides is 1. The van der Waals surface area contributed by atoms with Crippen LogP contribution < -0.4 is 5.32 Å². The molecule has 1 fully saturated rings. The average molecular weight is 452 g/mol. The Kier molecular flexibility index (Phi) is 5.77. The van der Waals surface area contributed by atoms with Crippen molar-refractivity contribution in [1.82, 2.24) is 9.29 Å². The summed E-state index contributed by atoms with van der Waals surface area (Å²) in [5.41, 5.74) is 1.36. The van der Waals surface area contributed by atoms with Crippen LogP contribution in [0.25, 0.3) is 11.3 Å². The molecule has 3 aromatic rings. The highest BCUT2D eigenvalue weighted by atomic mass is 32.2. The lowest BCUT2D eigenvalue weighted by Crippen LogP contribution is -2.49. The van der Waals surface area contributed by atoms with E-state index in [0.29, 0.717) is 23.8 Å². The molecule has 1 aliphatic rings. The van der Waals surface area contributed by atoms with Crippen molar-refractivity contribution >= 4 is 43.7 Å². The molecule has 0 spiro atoms. The minimum atomic E-state index is -3.71. The number of thiazole rings is 1. The van der Waals surface area contributed by atoms with Crippen molar-refractivity contribution < 1.29 is 17.6 Å². The summed E-state index contributed by atoms with van der Waals surface area (Å²) < 4.78 is 40.5. The number of carbonyl (C=O) groups excluding carboxylic acids is 1. The Labute approximate surface area is 176 Å². The molecule has 1 atom stereocenters. The number of aromatic nitrogens is 1. The Balaban J connectivity index is 1.52. The molecule has 0 saturated carbocycles. The summed E-state index contributed by atoms with van der Waals surface area (Å²) in [4.78, 5) is 17.3.